The van der Waals surface area contributed by atoms with E-state index in [-0.39, 0.29) is 11.8 Å². The van der Waals surface area contributed by atoms with Gasteiger partial charge in [0, 0.05) is 11.1 Å². The molecule has 2 aromatic rings. The summed E-state index contributed by atoms with van der Waals surface area (Å²) in [6, 6.07) is 6.80. The van der Waals surface area contributed by atoms with E-state index in [0.717, 1.165) is 50.2 Å². The molecule has 31 heavy (non-hydrogen) atoms. The first kappa shape index (κ1) is 20.6. The highest BCUT2D eigenvalue weighted by atomic mass is 16.5. The van der Waals surface area contributed by atoms with Gasteiger partial charge in [-0.05, 0) is 91.5 Å². The second-order valence-corrected chi connectivity index (χ2v) is 10.1. The summed E-state index contributed by atoms with van der Waals surface area (Å²) >= 11 is 0. The first-order valence-corrected chi connectivity index (χ1v) is 12.0. The lowest BCUT2D eigenvalue weighted by Gasteiger charge is -2.49. The largest absolute Gasteiger partial charge is 0.494 e. The highest BCUT2D eigenvalue weighted by Crippen LogP contribution is 2.60. The molecule has 1 saturated carbocycles. The van der Waals surface area contributed by atoms with E-state index < -0.39 is 5.97 Å². The quantitative estimate of drug-likeness (QED) is 0.603. The van der Waals surface area contributed by atoms with Crippen molar-refractivity contribution < 1.29 is 14.6 Å². The molecular weight excluding hydrogens is 388 g/mol. The Morgan fingerprint density at radius 3 is 3.03 bits per heavy atom. The summed E-state index contributed by atoms with van der Waals surface area (Å²) in [6.45, 7) is 5.40. The summed E-state index contributed by atoms with van der Waals surface area (Å²) < 4.78 is 5.97. The maximum atomic E-state index is 11.1. The van der Waals surface area contributed by atoms with Crippen molar-refractivity contribution in [3.05, 3.63) is 46.3 Å². The predicted molar refractivity (Wildman–Crippen MR) is 120 cm³/mol. The summed E-state index contributed by atoms with van der Waals surface area (Å²) in [6.07, 6.45) is 8.75. The Morgan fingerprint density at radius 1 is 1.35 bits per heavy atom. The van der Waals surface area contributed by atoms with E-state index in [4.69, 9.17) is 14.9 Å². The molecule has 5 rings (SSSR count). The molecule has 0 amide bonds. The van der Waals surface area contributed by atoms with Gasteiger partial charge < -0.3 is 9.84 Å². The second-order valence-electron chi connectivity index (χ2n) is 10.1. The summed E-state index contributed by atoms with van der Waals surface area (Å²) in [7, 11) is 0. The van der Waals surface area contributed by atoms with E-state index in [2.05, 4.69) is 37.1 Å². The number of H-pyrrole nitrogens is 1. The number of ether oxygens (including phenoxy) is 1. The van der Waals surface area contributed by atoms with Gasteiger partial charge >= 0.3 is 5.97 Å². The Labute approximate surface area is 184 Å². The number of benzene rings is 1. The number of unbranched alkanes of at least 4 members (excludes halogenated alkanes) is 1. The molecule has 0 radical (unpaired) electrons. The number of nitrogens with one attached hydrogen (secondary N) is 1. The van der Waals surface area contributed by atoms with Crippen LogP contribution in [0.5, 0.6) is 5.75 Å². The van der Waals surface area contributed by atoms with Crippen molar-refractivity contribution in [1.82, 2.24) is 10.2 Å². The number of aryl methyl sites for hydroxylation is 2. The molecule has 1 aromatic carbocycles. The lowest BCUT2D eigenvalue weighted by molar-refractivity contribution is -0.136. The summed E-state index contributed by atoms with van der Waals surface area (Å²) in [5, 5.41) is 17.0. The Morgan fingerprint density at radius 2 is 2.23 bits per heavy atom. The van der Waals surface area contributed by atoms with E-state index in [9.17, 15) is 4.79 Å². The molecule has 1 aromatic heterocycles. The van der Waals surface area contributed by atoms with Crippen molar-refractivity contribution in [2.45, 2.75) is 83.0 Å². The smallest absolute Gasteiger partial charge is 0.303 e. The molecule has 3 unspecified atom stereocenters. The molecule has 0 spiro atoms. The van der Waals surface area contributed by atoms with Gasteiger partial charge in [0.2, 0.25) is 0 Å². The molecule has 1 heterocycles. The van der Waals surface area contributed by atoms with Crippen molar-refractivity contribution in [1.29, 1.82) is 0 Å². The van der Waals surface area contributed by atoms with Gasteiger partial charge in [-0.1, -0.05) is 26.3 Å². The molecule has 5 heteroatoms. The third-order valence-electron chi connectivity index (χ3n) is 8.36. The molecule has 5 nitrogen and oxygen atoms in total. The first-order valence-electron chi connectivity index (χ1n) is 12.0. The number of hydrogen-bond acceptors (Lipinski definition) is 3. The Kier molecular flexibility index (Phi) is 5.31. The lowest BCUT2D eigenvalue weighted by Crippen LogP contribution is -2.43. The van der Waals surface area contributed by atoms with Gasteiger partial charge in [-0.3, -0.25) is 9.89 Å². The van der Waals surface area contributed by atoms with Crippen LogP contribution < -0.4 is 4.74 Å². The minimum atomic E-state index is -0.744. The highest BCUT2D eigenvalue weighted by Gasteiger charge is 2.54. The fourth-order valence-corrected chi connectivity index (χ4v) is 6.73. The lowest BCUT2D eigenvalue weighted by atomic mass is 9.55. The number of carboxylic acids is 1. The number of rotatable bonds is 7. The number of aliphatic carboxylic acids is 1. The van der Waals surface area contributed by atoms with E-state index in [1.54, 1.807) is 5.56 Å². The van der Waals surface area contributed by atoms with Crippen LogP contribution in [0.25, 0.3) is 0 Å². The van der Waals surface area contributed by atoms with Crippen LogP contribution in [0.3, 0.4) is 0 Å². The topological polar surface area (TPSA) is 75.2 Å². The van der Waals surface area contributed by atoms with Gasteiger partial charge in [0.05, 0.1) is 18.7 Å². The van der Waals surface area contributed by atoms with E-state index in [0.29, 0.717) is 24.2 Å². The molecule has 0 saturated heterocycles. The maximum Gasteiger partial charge on any atom is 0.303 e. The van der Waals surface area contributed by atoms with Crippen LogP contribution in [0.1, 0.15) is 86.4 Å². The van der Waals surface area contributed by atoms with Crippen LogP contribution in [0, 0.1) is 11.8 Å². The molecular formula is C26H34N2O3. The standard InChI is InChI=1S/C26H34N2O3/c1-3-4-13-31-17-6-8-18-16(14-17)5-7-20-19(18)11-12-26(2)22(20)15-21-23(9-10-24(29)30)27-28-25(21)26/h6,8,14,19-20,22H,3-5,7,9-13,15H2,1-2H3,(H,27,28)(H,29,30)/t19?,20?,22?,26-/m0/s1. The van der Waals surface area contributed by atoms with Gasteiger partial charge in [-0.15, -0.1) is 0 Å². The molecule has 1 fully saturated rings. The van der Waals surface area contributed by atoms with E-state index in [1.165, 1.54) is 29.7 Å². The highest BCUT2D eigenvalue weighted by molar-refractivity contribution is 5.67. The number of hydrogen-bond donors (Lipinski definition) is 2. The Balaban J connectivity index is 1.37. The number of carbonyl (C=O) groups is 1. The SMILES string of the molecule is CCCCOc1ccc2c(c1)CCC1C2CC[C@]2(C)c3n[nH]c(CCC(=O)O)c3CC12. The maximum absolute atomic E-state index is 11.1. The van der Waals surface area contributed by atoms with Crippen LogP contribution in [-0.2, 0) is 29.5 Å². The monoisotopic (exact) mass is 422 g/mol. The van der Waals surface area contributed by atoms with Crippen LogP contribution in [0.15, 0.2) is 18.2 Å². The second kappa shape index (κ2) is 7.99. The summed E-state index contributed by atoms with van der Waals surface area (Å²) in [5.74, 6) is 2.19. The van der Waals surface area contributed by atoms with Crippen molar-refractivity contribution in [2.75, 3.05) is 6.61 Å². The van der Waals surface area contributed by atoms with Gasteiger partial charge in [0.25, 0.3) is 0 Å². The van der Waals surface area contributed by atoms with Gasteiger partial charge in [-0.25, -0.2) is 0 Å². The number of carboxylic acid groups (broad SMARTS) is 1. The van der Waals surface area contributed by atoms with Crippen molar-refractivity contribution in [3.8, 4) is 5.75 Å². The number of fused-ring (bicyclic) bond motifs is 7. The zero-order chi connectivity index (χ0) is 21.6. The van der Waals surface area contributed by atoms with Crippen LogP contribution >= 0.6 is 0 Å². The minimum absolute atomic E-state index is 0.120. The zero-order valence-electron chi connectivity index (χ0n) is 18.7. The van der Waals surface area contributed by atoms with Crippen molar-refractivity contribution in [2.24, 2.45) is 11.8 Å². The summed E-state index contributed by atoms with van der Waals surface area (Å²) in [4.78, 5) is 11.1. The number of nitrogens with zero attached hydrogens (tertiary/aromatic N) is 1. The van der Waals surface area contributed by atoms with Crippen LogP contribution in [0.2, 0.25) is 0 Å². The third-order valence-corrected chi connectivity index (χ3v) is 8.36. The minimum Gasteiger partial charge on any atom is -0.494 e. The number of aromatic amines is 1. The molecule has 2 N–H and O–H groups in total. The van der Waals surface area contributed by atoms with Gasteiger partial charge in [0.1, 0.15) is 5.75 Å². The van der Waals surface area contributed by atoms with Gasteiger partial charge in [-0.2, -0.15) is 5.10 Å². The van der Waals surface area contributed by atoms with E-state index >= 15 is 0 Å². The molecule has 166 valence electrons. The average Bonchev–Trinajstić information content (AvgIpc) is 3.30. The predicted octanol–water partition coefficient (Wildman–Crippen LogP) is 5.18. The fraction of sp³-hybridized carbons (Fsp3) is 0.615. The van der Waals surface area contributed by atoms with Crippen molar-refractivity contribution in [3.63, 3.8) is 0 Å². The van der Waals surface area contributed by atoms with Crippen LogP contribution in [-0.4, -0.2) is 27.9 Å². The van der Waals surface area contributed by atoms with Crippen LogP contribution in [0.4, 0.5) is 0 Å². The summed E-state index contributed by atoms with van der Waals surface area (Å²) in [5.41, 5.74) is 6.74. The average molecular weight is 423 g/mol. The first-order chi connectivity index (χ1) is 15.0. The zero-order valence-corrected chi connectivity index (χ0v) is 18.7. The third kappa shape index (κ3) is 3.46. The molecule has 0 bridgehead atoms. The molecule has 3 aliphatic carbocycles. The van der Waals surface area contributed by atoms with Crippen molar-refractivity contribution >= 4 is 5.97 Å². The number of aromatic nitrogens is 2. The molecule has 4 atom stereocenters. The molecule has 3 aliphatic rings. The van der Waals surface area contributed by atoms with Gasteiger partial charge in [0.15, 0.2) is 0 Å². The Bertz CT molecular complexity index is 981. The van der Waals surface area contributed by atoms with E-state index in [1.807, 2.05) is 0 Å². The fourth-order valence-electron chi connectivity index (χ4n) is 6.73. The Hall–Kier alpha value is -2.30. The molecule has 0 aliphatic heterocycles. The normalized spacial score (nSPS) is 28.4.